The molecule has 2 unspecified atom stereocenters. The topological polar surface area (TPSA) is 38.7 Å². The predicted molar refractivity (Wildman–Crippen MR) is 70.7 cm³/mol. The first-order valence-corrected chi connectivity index (χ1v) is 6.81. The number of hydrogen-bond donors (Lipinski definition) is 1. The minimum atomic E-state index is 0.00743. The minimum absolute atomic E-state index is 0.00743. The summed E-state index contributed by atoms with van der Waals surface area (Å²) >= 11 is 0. The molecule has 1 N–H and O–H groups in total. The molecule has 1 aromatic carbocycles. The summed E-state index contributed by atoms with van der Waals surface area (Å²) in [7, 11) is 0. The van der Waals surface area contributed by atoms with E-state index in [1.54, 1.807) is 12.1 Å². The van der Waals surface area contributed by atoms with Crippen LogP contribution in [0.25, 0.3) is 0 Å². The fourth-order valence-corrected chi connectivity index (χ4v) is 2.21. The molecule has 100 valence electrons. The van der Waals surface area contributed by atoms with Crippen molar-refractivity contribution in [2.45, 2.75) is 44.8 Å². The van der Waals surface area contributed by atoms with Crippen LogP contribution in [0.5, 0.6) is 5.75 Å². The molecule has 0 aliphatic carbocycles. The minimum Gasteiger partial charge on any atom is -0.508 e. The van der Waals surface area contributed by atoms with Gasteiger partial charge in [0, 0.05) is 0 Å². The molecule has 18 heavy (non-hydrogen) atoms. The van der Waals surface area contributed by atoms with Gasteiger partial charge >= 0.3 is 0 Å². The molecular weight excluding hydrogens is 228 g/mol. The first-order chi connectivity index (χ1) is 8.79. The lowest BCUT2D eigenvalue weighted by Gasteiger charge is -2.29. The fraction of sp³-hybridized carbons (Fsp3) is 0.600. The van der Waals surface area contributed by atoms with Crippen LogP contribution in [-0.2, 0) is 9.47 Å². The van der Waals surface area contributed by atoms with E-state index in [-0.39, 0.29) is 18.0 Å². The van der Waals surface area contributed by atoms with Crippen molar-refractivity contribution in [1.82, 2.24) is 0 Å². The molecule has 3 nitrogen and oxygen atoms in total. The number of rotatable bonds is 5. The normalized spacial score (nSPS) is 24.1. The predicted octanol–water partition coefficient (Wildman–Crippen LogP) is 3.43. The molecule has 0 radical (unpaired) electrons. The fourth-order valence-electron chi connectivity index (χ4n) is 2.21. The van der Waals surface area contributed by atoms with Gasteiger partial charge in [0.1, 0.15) is 11.9 Å². The van der Waals surface area contributed by atoms with Gasteiger partial charge in [-0.25, -0.2) is 0 Å². The number of phenolic OH excluding ortho intramolecular Hbond substituents is 1. The standard InChI is InChI=1S/C15H22O3/c1-2-3-4-5-14-10-18-15(11-17-14)12-6-8-13(16)9-7-12/h6-9,14-16H,2-5,10-11H2,1H3. The Morgan fingerprint density at radius 3 is 2.50 bits per heavy atom. The Kier molecular flexibility index (Phi) is 5.02. The molecule has 1 saturated heterocycles. The SMILES string of the molecule is CCCCCC1COC(c2ccc(O)cc2)CO1. The second-order valence-corrected chi connectivity index (χ2v) is 4.86. The average Bonchev–Trinajstić information content (AvgIpc) is 2.41. The molecule has 1 fully saturated rings. The first-order valence-electron chi connectivity index (χ1n) is 6.81. The van der Waals surface area contributed by atoms with Crippen LogP contribution in [0.15, 0.2) is 24.3 Å². The van der Waals surface area contributed by atoms with Gasteiger partial charge in [0.25, 0.3) is 0 Å². The Bertz CT molecular complexity index is 339. The van der Waals surface area contributed by atoms with Crippen LogP contribution < -0.4 is 0 Å². The van der Waals surface area contributed by atoms with E-state index in [4.69, 9.17) is 9.47 Å². The molecule has 0 saturated carbocycles. The molecule has 0 spiro atoms. The number of unbranched alkanes of at least 4 members (excludes halogenated alkanes) is 2. The highest BCUT2D eigenvalue weighted by Crippen LogP contribution is 2.25. The van der Waals surface area contributed by atoms with Gasteiger partial charge in [-0.2, -0.15) is 0 Å². The zero-order valence-electron chi connectivity index (χ0n) is 11.0. The van der Waals surface area contributed by atoms with Gasteiger partial charge < -0.3 is 14.6 Å². The molecular formula is C15H22O3. The quantitative estimate of drug-likeness (QED) is 0.814. The van der Waals surface area contributed by atoms with Crippen LogP contribution in [0.1, 0.15) is 44.3 Å². The highest BCUT2D eigenvalue weighted by molar-refractivity contribution is 5.27. The molecule has 2 rings (SSSR count). The lowest BCUT2D eigenvalue weighted by atomic mass is 10.1. The van der Waals surface area contributed by atoms with Gasteiger partial charge in [-0.3, -0.25) is 0 Å². The maximum atomic E-state index is 9.25. The number of ether oxygens (including phenoxy) is 2. The zero-order valence-corrected chi connectivity index (χ0v) is 11.0. The van der Waals surface area contributed by atoms with E-state index in [2.05, 4.69) is 6.92 Å². The van der Waals surface area contributed by atoms with E-state index in [1.165, 1.54) is 19.3 Å². The van der Waals surface area contributed by atoms with Crippen LogP contribution in [0.4, 0.5) is 0 Å². The Labute approximate surface area is 109 Å². The third kappa shape index (κ3) is 3.72. The van der Waals surface area contributed by atoms with Crippen molar-refractivity contribution in [1.29, 1.82) is 0 Å². The molecule has 0 bridgehead atoms. The molecule has 3 heteroatoms. The van der Waals surface area contributed by atoms with Gasteiger partial charge in [0.05, 0.1) is 19.3 Å². The molecule has 0 amide bonds. The number of aromatic hydroxyl groups is 1. The second-order valence-electron chi connectivity index (χ2n) is 4.86. The molecule has 1 aliphatic heterocycles. The Morgan fingerprint density at radius 1 is 1.11 bits per heavy atom. The van der Waals surface area contributed by atoms with Gasteiger partial charge in [0.15, 0.2) is 0 Å². The van der Waals surface area contributed by atoms with Crippen molar-refractivity contribution < 1.29 is 14.6 Å². The highest BCUT2D eigenvalue weighted by atomic mass is 16.6. The lowest BCUT2D eigenvalue weighted by molar-refractivity contribution is -0.137. The first kappa shape index (κ1) is 13.4. The van der Waals surface area contributed by atoms with Crippen LogP contribution >= 0.6 is 0 Å². The average molecular weight is 250 g/mol. The maximum Gasteiger partial charge on any atom is 0.115 e. The largest absolute Gasteiger partial charge is 0.508 e. The summed E-state index contributed by atoms with van der Waals surface area (Å²) in [5, 5.41) is 9.25. The number of hydrogen-bond acceptors (Lipinski definition) is 3. The summed E-state index contributed by atoms with van der Waals surface area (Å²) in [6, 6.07) is 7.15. The van der Waals surface area contributed by atoms with Gasteiger partial charge in [-0.05, 0) is 24.1 Å². The highest BCUT2D eigenvalue weighted by Gasteiger charge is 2.22. The van der Waals surface area contributed by atoms with E-state index in [0.717, 1.165) is 12.0 Å². The molecule has 2 atom stereocenters. The van der Waals surface area contributed by atoms with Crippen LogP contribution in [0.3, 0.4) is 0 Å². The van der Waals surface area contributed by atoms with E-state index < -0.39 is 0 Å². The van der Waals surface area contributed by atoms with Crippen molar-refractivity contribution in [3.05, 3.63) is 29.8 Å². The van der Waals surface area contributed by atoms with Gasteiger partial charge in [0.2, 0.25) is 0 Å². The zero-order chi connectivity index (χ0) is 12.8. The number of phenols is 1. The van der Waals surface area contributed by atoms with Crippen LogP contribution in [-0.4, -0.2) is 24.4 Å². The summed E-state index contributed by atoms with van der Waals surface area (Å²) in [5.41, 5.74) is 1.07. The summed E-state index contributed by atoms with van der Waals surface area (Å²) < 4.78 is 11.7. The Hall–Kier alpha value is -1.06. The molecule has 0 aromatic heterocycles. The van der Waals surface area contributed by atoms with Crippen molar-refractivity contribution in [2.24, 2.45) is 0 Å². The van der Waals surface area contributed by atoms with Crippen molar-refractivity contribution in [3.63, 3.8) is 0 Å². The van der Waals surface area contributed by atoms with E-state index in [0.29, 0.717) is 13.2 Å². The Balaban J connectivity index is 1.77. The smallest absolute Gasteiger partial charge is 0.115 e. The van der Waals surface area contributed by atoms with E-state index >= 15 is 0 Å². The van der Waals surface area contributed by atoms with Crippen molar-refractivity contribution in [2.75, 3.05) is 13.2 Å². The third-order valence-corrected chi connectivity index (χ3v) is 3.36. The van der Waals surface area contributed by atoms with Crippen LogP contribution in [0, 0.1) is 0 Å². The van der Waals surface area contributed by atoms with Crippen molar-refractivity contribution >= 4 is 0 Å². The molecule has 1 aliphatic rings. The van der Waals surface area contributed by atoms with Crippen molar-refractivity contribution in [3.8, 4) is 5.75 Å². The Morgan fingerprint density at radius 2 is 1.89 bits per heavy atom. The second kappa shape index (κ2) is 6.76. The third-order valence-electron chi connectivity index (χ3n) is 3.36. The van der Waals surface area contributed by atoms with E-state index in [9.17, 15) is 5.11 Å². The van der Waals surface area contributed by atoms with Gasteiger partial charge in [-0.1, -0.05) is 38.3 Å². The lowest BCUT2D eigenvalue weighted by Crippen LogP contribution is -2.31. The van der Waals surface area contributed by atoms with Crippen LogP contribution in [0.2, 0.25) is 0 Å². The van der Waals surface area contributed by atoms with Gasteiger partial charge in [-0.15, -0.1) is 0 Å². The summed E-state index contributed by atoms with van der Waals surface area (Å²) in [4.78, 5) is 0. The summed E-state index contributed by atoms with van der Waals surface area (Å²) in [5.74, 6) is 0.285. The van der Waals surface area contributed by atoms with E-state index in [1.807, 2.05) is 12.1 Å². The monoisotopic (exact) mass is 250 g/mol. The maximum absolute atomic E-state index is 9.25. The summed E-state index contributed by atoms with van der Waals surface area (Å²) in [6.07, 6.45) is 5.08. The molecule has 1 heterocycles. The number of benzene rings is 1. The molecule has 1 aromatic rings. The summed E-state index contributed by atoms with van der Waals surface area (Å²) in [6.45, 7) is 3.50.